The van der Waals surface area contributed by atoms with Gasteiger partial charge in [0.1, 0.15) is 0 Å². The van der Waals surface area contributed by atoms with Crippen LogP contribution in [0.1, 0.15) is 11.6 Å². The zero-order chi connectivity index (χ0) is 21.1. The Kier molecular flexibility index (Phi) is 9.32. The summed E-state index contributed by atoms with van der Waals surface area (Å²) in [7, 11) is 0. The zero-order valence-electron chi connectivity index (χ0n) is 15.1. The second-order valence-electron chi connectivity index (χ2n) is 5.74. The number of carboxylic acids is 3. The summed E-state index contributed by atoms with van der Waals surface area (Å²) in [6.45, 7) is -0.348. The number of carbonyl (C=O) groups excluding carboxylic acids is 1. The molecule has 0 bridgehead atoms. The SMILES string of the molecule is Cc1nnc(CNC(=O)CN(CCN(CC(=O)O)CC(=O)O)CC(=O)O)nn1. The molecule has 0 unspecified atom stereocenters. The Morgan fingerprint density at radius 3 is 1.64 bits per heavy atom. The molecule has 0 atom stereocenters. The normalized spacial score (nSPS) is 10.8. The molecule has 0 saturated carbocycles. The van der Waals surface area contributed by atoms with Gasteiger partial charge in [-0.2, -0.15) is 0 Å². The van der Waals surface area contributed by atoms with Crippen molar-refractivity contribution >= 4 is 23.8 Å². The minimum Gasteiger partial charge on any atom is -0.480 e. The van der Waals surface area contributed by atoms with Crippen molar-refractivity contribution in [1.82, 2.24) is 35.5 Å². The van der Waals surface area contributed by atoms with Crippen LogP contribution in [-0.2, 0) is 25.7 Å². The Bertz CT molecular complexity index is 682. The van der Waals surface area contributed by atoms with E-state index < -0.39 is 43.4 Å². The molecular formula is C14H21N7O7. The van der Waals surface area contributed by atoms with Crippen molar-refractivity contribution in [3.63, 3.8) is 0 Å². The number of nitrogens with one attached hydrogen (secondary N) is 1. The zero-order valence-corrected chi connectivity index (χ0v) is 15.1. The van der Waals surface area contributed by atoms with E-state index in [9.17, 15) is 19.2 Å². The molecule has 4 N–H and O–H groups in total. The maximum atomic E-state index is 12.0. The van der Waals surface area contributed by atoms with Crippen LogP contribution in [0.5, 0.6) is 0 Å². The molecular weight excluding hydrogens is 378 g/mol. The fourth-order valence-corrected chi connectivity index (χ4v) is 2.09. The highest BCUT2D eigenvalue weighted by molar-refractivity contribution is 5.79. The van der Waals surface area contributed by atoms with E-state index in [0.717, 1.165) is 4.90 Å². The Morgan fingerprint density at radius 2 is 1.21 bits per heavy atom. The number of rotatable bonds is 13. The first-order chi connectivity index (χ1) is 13.2. The van der Waals surface area contributed by atoms with E-state index in [1.807, 2.05) is 0 Å². The number of aryl methyl sites for hydroxylation is 1. The van der Waals surface area contributed by atoms with Gasteiger partial charge in [-0.15, -0.1) is 20.4 Å². The van der Waals surface area contributed by atoms with E-state index in [4.69, 9.17) is 15.3 Å². The molecule has 1 aromatic rings. The molecule has 0 aliphatic heterocycles. The molecule has 1 aromatic heterocycles. The van der Waals surface area contributed by atoms with Crippen molar-refractivity contribution in [2.45, 2.75) is 13.5 Å². The molecule has 14 nitrogen and oxygen atoms in total. The number of hydrogen-bond donors (Lipinski definition) is 4. The van der Waals surface area contributed by atoms with Crippen molar-refractivity contribution in [1.29, 1.82) is 0 Å². The predicted octanol–water partition coefficient (Wildman–Crippen LogP) is -2.95. The van der Waals surface area contributed by atoms with Crippen molar-refractivity contribution < 1.29 is 34.5 Å². The molecule has 1 rings (SSSR count). The van der Waals surface area contributed by atoms with Gasteiger partial charge in [-0.3, -0.25) is 29.0 Å². The van der Waals surface area contributed by atoms with Gasteiger partial charge in [0.05, 0.1) is 32.7 Å². The molecule has 0 aliphatic rings. The lowest BCUT2D eigenvalue weighted by molar-refractivity contribution is -0.143. The molecule has 0 spiro atoms. The highest BCUT2D eigenvalue weighted by atomic mass is 16.4. The minimum atomic E-state index is -1.22. The predicted molar refractivity (Wildman–Crippen MR) is 90.0 cm³/mol. The molecule has 0 saturated heterocycles. The number of nitrogens with zero attached hydrogens (tertiary/aromatic N) is 6. The summed E-state index contributed by atoms with van der Waals surface area (Å²) in [5.41, 5.74) is 0. The summed E-state index contributed by atoms with van der Waals surface area (Å²) < 4.78 is 0. The molecule has 0 fully saturated rings. The van der Waals surface area contributed by atoms with Crippen LogP contribution < -0.4 is 5.32 Å². The van der Waals surface area contributed by atoms with E-state index in [0.29, 0.717) is 5.82 Å². The summed E-state index contributed by atoms with van der Waals surface area (Å²) in [5, 5.41) is 43.9. The standard InChI is InChI=1S/C14H21N7O7/c1-9-16-18-10(19-17-9)4-15-11(22)5-20(6-12(23)24)2-3-21(7-13(25)26)8-14(27)28/h2-8H2,1H3,(H,15,22)(H,23,24)(H,25,26)(H,27,28). The number of aromatic nitrogens is 4. The van der Waals surface area contributed by atoms with Gasteiger partial charge < -0.3 is 20.6 Å². The van der Waals surface area contributed by atoms with Gasteiger partial charge in [0.25, 0.3) is 0 Å². The molecule has 1 amide bonds. The van der Waals surface area contributed by atoms with Gasteiger partial charge >= 0.3 is 17.9 Å². The first-order valence-corrected chi connectivity index (χ1v) is 8.05. The lowest BCUT2D eigenvalue weighted by atomic mass is 10.3. The average Bonchev–Trinajstić information content (AvgIpc) is 2.57. The second-order valence-corrected chi connectivity index (χ2v) is 5.74. The third kappa shape index (κ3) is 10.0. The first kappa shape index (κ1) is 22.8. The van der Waals surface area contributed by atoms with E-state index >= 15 is 0 Å². The highest BCUT2D eigenvalue weighted by Crippen LogP contribution is 1.95. The lowest BCUT2D eigenvalue weighted by Crippen LogP contribution is -2.45. The summed E-state index contributed by atoms with van der Waals surface area (Å²) in [4.78, 5) is 47.0. The van der Waals surface area contributed by atoms with Gasteiger partial charge in [-0.1, -0.05) is 0 Å². The number of amides is 1. The molecule has 14 heteroatoms. The van der Waals surface area contributed by atoms with Crippen LogP contribution in [0.15, 0.2) is 0 Å². The van der Waals surface area contributed by atoms with Crippen LogP contribution >= 0.6 is 0 Å². The van der Waals surface area contributed by atoms with Gasteiger partial charge in [-0.25, -0.2) is 0 Å². The van der Waals surface area contributed by atoms with Crippen LogP contribution in [0.3, 0.4) is 0 Å². The maximum Gasteiger partial charge on any atom is 0.317 e. The molecule has 28 heavy (non-hydrogen) atoms. The quantitative estimate of drug-likeness (QED) is 0.263. The smallest absolute Gasteiger partial charge is 0.317 e. The summed E-state index contributed by atoms with van der Waals surface area (Å²) in [6.07, 6.45) is 0. The van der Waals surface area contributed by atoms with Gasteiger partial charge in [0, 0.05) is 13.1 Å². The molecule has 0 radical (unpaired) electrons. The fraction of sp³-hybridized carbons (Fsp3) is 0.571. The first-order valence-electron chi connectivity index (χ1n) is 8.05. The van der Waals surface area contributed by atoms with E-state index in [1.165, 1.54) is 4.90 Å². The third-order valence-corrected chi connectivity index (χ3v) is 3.24. The minimum absolute atomic E-state index is 0.0234. The summed E-state index contributed by atoms with van der Waals surface area (Å²) in [6, 6.07) is 0. The fourth-order valence-electron chi connectivity index (χ4n) is 2.09. The summed E-state index contributed by atoms with van der Waals surface area (Å²) >= 11 is 0. The van der Waals surface area contributed by atoms with Crippen molar-refractivity contribution in [2.75, 3.05) is 39.3 Å². The van der Waals surface area contributed by atoms with Crippen molar-refractivity contribution in [3.05, 3.63) is 11.6 Å². The average molecular weight is 399 g/mol. The van der Waals surface area contributed by atoms with Crippen LogP contribution in [0, 0.1) is 6.92 Å². The van der Waals surface area contributed by atoms with Crippen LogP contribution in [0.2, 0.25) is 0 Å². The van der Waals surface area contributed by atoms with E-state index in [2.05, 4.69) is 25.7 Å². The van der Waals surface area contributed by atoms with E-state index in [-0.39, 0.29) is 32.0 Å². The Hall–Kier alpha value is -3.26. The van der Waals surface area contributed by atoms with Crippen LogP contribution in [0.25, 0.3) is 0 Å². The van der Waals surface area contributed by atoms with Gasteiger partial charge in [0.2, 0.25) is 5.91 Å². The monoisotopic (exact) mass is 399 g/mol. The second kappa shape index (κ2) is 11.5. The Labute approximate surface area is 159 Å². The van der Waals surface area contributed by atoms with Crippen molar-refractivity contribution in [3.8, 4) is 0 Å². The topological polar surface area (TPSA) is 199 Å². The number of aliphatic carboxylic acids is 3. The molecule has 0 aliphatic carbocycles. The molecule has 1 heterocycles. The van der Waals surface area contributed by atoms with E-state index in [1.54, 1.807) is 6.92 Å². The largest absolute Gasteiger partial charge is 0.480 e. The Morgan fingerprint density at radius 1 is 0.786 bits per heavy atom. The number of carboxylic acid groups (broad SMARTS) is 3. The Balaban J connectivity index is 2.58. The maximum absolute atomic E-state index is 12.0. The van der Waals surface area contributed by atoms with Gasteiger partial charge in [-0.05, 0) is 6.92 Å². The highest BCUT2D eigenvalue weighted by Gasteiger charge is 2.18. The summed E-state index contributed by atoms with van der Waals surface area (Å²) in [5.74, 6) is -3.60. The number of carbonyl (C=O) groups is 4. The van der Waals surface area contributed by atoms with Gasteiger partial charge in [0.15, 0.2) is 11.6 Å². The lowest BCUT2D eigenvalue weighted by Gasteiger charge is -2.24. The van der Waals surface area contributed by atoms with Crippen LogP contribution in [0.4, 0.5) is 0 Å². The molecule has 154 valence electrons. The number of hydrogen-bond acceptors (Lipinski definition) is 10. The molecule has 0 aromatic carbocycles. The van der Waals surface area contributed by atoms with Crippen molar-refractivity contribution in [2.24, 2.45) is 0 Å². The third-order valence-electron chi connectivity index (χ3n) is 3.24. The van der Waals surface area contributed by atoms with Crippen LogP contribution in [-0.4, -0.2) is 109 Å².